The van der Waals surface area contributed by atoms with Gasteiger partial charge in [-0.15, -0.1) is 0 Å². The average molecular weight is 266 g/mol. The van der Waals surface area contributed by atoms with E-state index < -0.39 is 0 Å². The average Bonchev–Trinajstić information content (AvgIpc) is 2.98. The van der Waals surface area contributed by atoms with Gasteiger partial charge in [-0.05, 0) is 24.3 Å². The van der Waals surface area contributed by atoms with E-state index in [2.05, 4.69) is 34.6 Å². The number of hydrogen-bond donors (Lipinski definition) is 1. The molecule has 0 saturated carbocycles. The van der Waals surface area contributed by atoms with Crippen molar-refractivity contribution in [3.05, 3.63) is 54.9 Å². The van der Waals surface area contributed by atoms with E-state index >= 15 is 0 Å². The van der Waals surface area contributed by atoms with Crippen LogP contribution in [-0.4, -0.2) is 4.98 Å². The molecule has 92 valence electrons. The summed E-state index contributed by atoms with van der Waals surface area (Å²) in [5, 5.41) is 3.48. The molecule has 1 aliphatic rings. The van der Waals surface area contributed by atoms with Gasteiger partial charge in [0.2, 0.25) is 5.89 Å². The van der Waals surface area contributed by atoms with Crippen molar-refractivity contribution < 1.29 is 4.42 Å². The predicted octanol–water partition coefficient (Wildman–Crippen LogP) is 4.55. The number of oxazole rings is 1. The normalized spacial score (nSPS) is 12.4. The second kappa shape index (κ2) is 4.17. The van der Waals surface area contributed by atoms with E-state index in [1.54, 1.807) is 24.2 Å². The van der Waals surface area contributed by atoms with Crippen LogP contribution in [0.4, 0.5) is 11.4 Å². The number of hydrogen-bond acceptors (Lipinski definition) is 4. The maximum Gasteiger partial charge on any atom is 0.228 e. The van der Waals surface area contributed by atoms with Crippen LogP contribution in [0.25, 0.3) is 11.5 Å². The summed E-state index contributed by atoms with van der Waals surface area (Å²) in [6.07, 6.45) is 3.26. The number of rotatable bonds is 1. The number of para-hydroxylation sites is 2. The molecular weight excluding hydrogens is 256 g/mol. The smallest absolute Gasteiger partial charge is 0.228 e. The third-order valence-corrected chi connectivity index (χ3v) is 4.19. The number of benzene rings is 2. The lowest BCUT2D eigenvalue weighted by molar-refractivity contribution is 0.574. The summed E-state index contributed by atoms with van der Waals surface area (Å²) in [5.74, 6) is 0.643. The highest BCUT2D eigenvalue weighted by Crippen LogP contribution is 2.47. The highest BCUT2D eigenvalue weighted by molar-refractivity contribution is 7.99. The van der Waals surface area contributed by atoms with E-state index in [9.17, 15) is 0 Å². The van der Waals surface area contributed by atoms with Crippen LogP contribution in [0.15, 0.2) is 69.1 Å². The third kappa shape index (κ3) is 1.72. The SMILES string of the molecule is c1ccc2c(c1)Nc1c(cccc1-c1ncco1)S2. The molecule has 4 heteroatoms. The molecule has 0 spiro atoms. The first-order valence-electron chi connectivity index (χ1n) is 5.98. The summed E-state index contributed by atoms with van der Waals surface area (Å²) >= 11 is 1.76. The lowest BCUT2D eigenvalue weighted by Gasteiger charge is -2.22. The van der Waals surface area contributed by atoms with Gasteiger partial charge in [-0.1, -0.05) is 30.0 Å². The fourth-order valence-corrected chi connectivity index (χ4v) is 3.21. The summed E-state index contributed by atoms with van der Waals surface area (Å²) in [6.45, 7) is 0. The van der Waals surface area contributed by atoms with Gasteiger partial charge < -0.3 is 9.73 Å². The fourth-order valence-electron chi connectivity index (χ4n) is 2.19. The first-order valence-corrected chi connectivity index (χ1v) is 6.80. The second-order valence-electron chi connectivity index (χ2n) is 4.24. The van der Waals surface area contributed by atoms with Crippen molar-refractivity contribution in [1.29, 1.82) is 0 Å². The summed E-state index contributed by atoms with van der Waals surface area (Å²) in [4.78, 5) is 6.66. The zero-order valence-electron chi connectivity index (χ0n) is 9.96. The Hall–Kier alpha value is -2.20. The van der Waals surface area contributed by atoms with Gasteiger partial charge in [-0.25, -0.2) is 4.98 Å². The Morgan fingerprint density at radius 3 is 2.79 bits per heavy atom. The molecule has 2 aromatic carbocycles. The maximum atomic E-state index is 5.41. The summed E-state index contributed by atoms with van der Waals surface area (Å²) in [5.41, 5.74) is 3.18. The molecule has 3 aromatic rings. The van der Waals surface area contributed by atoms with Crippen LogP contribution < -0.4 is 5.32 Å². The minimum Gasteiger partial charge on any atom is -0.444 e. The van der Waals surface area contributed by atoms with Crippen LogP contribution in [0.5, 0.6) is 0 Å². The minimum atomic E-state index is 0.643. The fraction of sp³-hybridized carbons (Fsp3) is 0. The highest BCUT2D eigenvalue weighted by atomic mass is 32.2. The van der Waals surface area contributed by atoms with Crippen molar-refractivity contribution in [2.45, 2.75) is 9.79 Å². The summed E-state index contributed by atoms with van der Waals surface area (Å²) in [6, 6.07) is 14.4. The Kier molecular flexibility index (Phi) is 2.35. The number of aromatic nitrogens is 1. The van der Waals surface area contributed by atoms with E-state index in [4.69, 9.17) is 4.42 Å². The van der Waals surface area contributed by atoms with Gasteiger partial charge in [0.15, 0.2) is 0 Å². The van der Waals surface area contributed by atoms with Crippen LogP contribution >= 0.6 is 11.8 Å². The van der Waals surface area contributed by atoms with E-state index in [0.29, 0.717) is 5.89 Å². The minimum absolute atomic E-state index is 0.643. The molecule has 3 nitrogen and oxygen atoms in total. The molecule has 2 heterocycles. The molecule has 4 rings (SSSR count). The topological polar surface area (TPSA) is 38.1 Å². The van der Waals surface area contributed by atoms with Gasteiger partial charge in [-0.2, -0.15) is 0 Å². The third-order valence-electron chi connectivity index (χ3n) is 3.06. The first kappa shape index (κ1) is 10.7. The molecule has 0 saturated heterocycles. The molecule has 0 unspecified atom stereocenters. The Bertz CT molecular complexity index is 738. The zero-order chi connectivity index (χ0) is 12.7. The number of anilines is 2. The number of nitrogens with zero attached hydrogens (tertiary/aromatic N) is 1. The molecule has 19 heavy (non-hydrogen) atoms. The van der Waals surface area contributed by atoms with Crippen LogP contribution in [0, 0.1) is 0 Å². The molecule has 1 N–H and O–H groups in total. The van der Waals surface area contributed by atoms with Gasteiger partial charge in [0.1, 0.15) is 6.26 Å². The molecule has 0 fully saturated rings. The molecule has 0 bridgehead atoms. The van der Waals surface area contributed by atoms with E-state index in [1.807, 2.05) is 18.2 Å². The molecular formula is C15H10N2OS. The van der Waals surface area contributed by atoms with E-state index in [-0.39, 0.29) is 0 Å². The zero-order valence-corrected chi connectivity index (χ0v) is 10.8. The molecule has 1 aromatic heterocycles. The molecule has 0 atom stereocenters. The lowest BCUT2D eigenvalue weighted by atomic mass is 10.1. The van der Waals surface area contributed by atoms with Crippen molar-refractivity contribution in [3.8, 4) is 11.5 Å². The molecule has 0 amide bonds. The number of nitrogens with one attached hydrogen (secondary N) is 1. The van der Waals surface area contributed by atoms with Crippen molar-refractivity contribution >= 4 is 23.1 Å². The Morgan fingerprint density at radius 1 is 1.00 bits per heavy atom. The van der Waals surface area contributed by atoms with Crippen LogP contribution in [0.2, 0.25) is 0 Å². The Labute approximate surface area is 114 Å². The molecule has 0 aliphatic carbocycles. The van der Waals surface area contributed by atoms with E-state index in [1.165, 1.54) is 9.79 Å². The van der Waals surface area contributed by atoms with E-state index in [0.717, 1.165) is 16.9 Å². The first-order chi connectivity index (χ1) is 9.42. The van der Waals surface area contributed by atoms with Crippen LogP contribution in [-0.2, 0) is 0 Å². The number of fused-ring (bicyclic) bond motifs is 2. The quantitative estimate of drug-likeness (QED) is 0.548. The summed E-state index contributed by atoms with van der Waals surface area (Å²) in [7, 11) is 0. The second-order valence-corrected chi connectivity index (χ2v) is 5.32. The monoisotopic (exact) mass is 266 g/mol. The van der Waals surface area contributed by atoms with Crippen molar-refractivity contribution in [1.82, 2.24) is 4.98 Å². The highest BCUT2D eigenvalue weighted by Gasteiger charge is 2.20. The standard InChI is InChI=1S/C15H10N2OS/c1-2-6-12-11(5-1)17-14-10(15-16-8-9-18-15)4-3-7-13(14)19-12/h1-9,17H. The van der Waals surface area contributed by atoms with Gasteiger partial charge in [0.25, 0.3) is 0 Å². The van der Waals surface area contributed by atoms with Crippen LogP contribution in [0.3, 0.4) is 0 Å². The Morgan fingerprint density at radius 2 is 1.89 bits per heavy atom. The molecule has 1 aliphatic heterocycles. The summed E-state index contributed by atoms with van der Waals surface area (Å²) < 4.78 is 5.41. The van der Waals surface area contributed by atoms with Gasteiger partial charge >= 0.3 is 0 Å². The van der Waals surface area contributed by atoms with Crippen molar-refractivity contribution in [2.75, 3.05) is 5.32 Å². The van der Waals surface area contributed by atoms with Crippen molar-refractivity contribution in [2.24, 2.45) is 0 Å². The Balaban J connectivity index is 1.88. The van der Waals surface area contributed by atoms with Crippen LogP contribution in [0.1, 0.15) is 0 Å². The van der Waals surface area contributed by atoms with Crippen molar-refractivity contribution in [3.63, 3.8) is 0 Å². The van der Waals surface area contributed by atoms with Gasteiger partial charge in [-0.3, -0.25) is 0 Å². The maximum absolute atomic E-state index is 5.41. The predicted molar refractivity (Wildman–Crippen MR) is 75.8 cm³/mol. The largest absolute Gasteiger partial charge is 0.444 e. The van der Waals surface area contributed by atoms with Gasteiger partial charge in [0, 0.05) is 9.79 Å². The van der Waals surface area contributed by atoms with Gasteiger partial charge in [0.05, 0.1) is 23.1 Å². The lowest BCUT2D eigenvalue weighted by Crippen LogP contribution is -2.01. The molecule has 0 radical (unpaired) electrons.